The van der Waals surface area contributed by atoms with Gasteiger partial charge in [-0.3, -0.25) is 4.79 Å². The van der Waals surface area contributed by atoms with E-state index in [1.54, 1.807) is 0 Å². The van der Waals surface area contributed by atoms with Crippen LogP contribution in [0.3, 0.4) is 0 Å². The van der Waals surface area contributed by atoms with Gasteiger partial charge in [0.05, 0.1) is 11.6 Å². The maximum absolute atomic E-state index is 12.5. The zero-order valence-corrected chi connectivity index (χ0v) is 12.3. The lowest BCUT2D eigenvalue weighted by molar-refractivity contribution is -0.128. The van der Waals surface area contributed by atoms with Crippen molar-refractivity contribution < 1.29 is 4.79 Å². The quantitative estimate of drug-likeness (QED) is 0.862. The fourth-order valence-corrected chi connectivity index (χ4v) is 3.16. The smallest absolute Gasteiger partial charge is 0.240 e. The molecule has 1 fully saturated rings. The molecule has 3 heterocycles. The Morgan fingerprint density at radius 1 is 1.40 bits per heavy atom. The SMILES string of the molecule is CC(NC(=O)C1(C)CCCCN1)c1nnc2n1CCC2. The number of nitrogens with zero attached hydrogens (tertiary/aromatic N) is 3. The first-order valence-electron chi connectivity index (χ1n) is 7.58. The van der Waals surface area contributed by atoms with E-state index in [-0.39, 0.29) is 11.9 Å². The van der Waals surface area contributed by atoms with Crippen LogP contribution in [0.5, 0.6) is 0 Å². The Kier molecular flexibility index (Phi) is 3.50. The number of hydrogen-bond acceptors (Lipinski definition) is 4. The number of piperidine rings is 1. The van der Waals surface area contributed by atoms with E-state index < -0.39 is 5.54 Å². The highest BCUT2D eigenvalue weighted by atomic mass is 16.2. The number of hydrogen-bond donors (Lipinski definition) is 2. The summed E-state index contributed by atoms with van der Waals surface area (Å²) in [5, 5.41) is 14.9. The molecule has 1 aromatic heterocycles. The van der Waals surface area contributed by atoms with Gasteiger partial charge in [0.15, 0.2) is 5.82 Å². The molecule has 6 heteroatoms. The molecule has 0 spiro atoms. The number of aryl methyl sites for hydroxylation is 1. The van der Waals surface area contributed by atoms with Gasteiger partial charge in [0.25, 0.3) is 0 Å². The first-order chi connectivity index (χ1) is 9.60. The molecular weight excluding hydrogens is 254 g/mol. The Morgan fingerprint density at radius 2 is 2.25 bits per heavy atom. The Labute approximate surface area is 119 Å². The average Bonchev–Trinajstić information content (AvgIpc) is 3.01. The second-order valence-electron chi connectivity index (χ2n) is 6.14. The zero-order chi connectivity index (χ0) is 14.2. The van der Waals surface area contributed by atoms with E-state index >= 15 is 0 Å². The number of carbonyl (C=O) groups excluding carboxylic acids is 1. The number of nitrogens with one attached hydrogen (secondary N) is 2. The molecule has 2 unspecified atom stereocenters. The van der Waals surface area contributed by atoms with Gasteiger partial charge in [-0.25, -0.2) is 0 Å². The normalized spacial score (nSPS) is 27.1. The van der Waals surface area contributed by atoms with Gasteiger partial charge in [-0.05, 0) is 46.1 Å². The number of aromatic nitrogens is 3. The van der Waals surface area contributed by atoms with E-state index in [0.29, 0.717) is 0 Å². The van der Waals surface area contributed by atoms with Crippen molar-refractivity contribution in [2.45, 2.75) is 64.1 Å². The molecule has 2 aliphatic rings. The Balaban J connectivity index is 1.69. The van der Waals surface area contributed by atoms with Gasteiger partial charge in [-0.1, -0.05) is 0 Å². The summed E-state index contributed by atoms with van der Waals surface area (Å²) in [5.74, 6) is 1.99. The third kappa shape index (κ3) is 2.32. The molecule has 0 aromatic carbocycles. The molecule has 2 aliphatic heterocycles. The van der Waals surface area contributed by atoms with Crippen molar-refractivity contribution in [2.75, 3.05) is 6.54 Å². The summed E-state index contributed by atoms with van der Waals surface area (Å²) < 4.78 is 2.14. The molecule has 6 nitrogen and oxygen atoms in total. The molecule has 3 rings (SSSR count). The van der Waals surface area contributed by atoms with Gasteiger partial charge in [0, 0.05) is 13.0 Å². The highest BCUT2D eigenvalue weighted by Gasteiger charge is 2.35. The monoisotopic (exact) mass is 277 g/mol. The average molecular weight is 277 g/mol. The summed E-state index contributed by atoms with van der Waals surface area (Å²) >= 11 is 0. The molecule has 2 atom stereocenters. The van der Waals surface area contributed by atoms with Crippen LogP contribution >= 0.6 is 0 Å². The lowest BCUT2D eigenvalue weighted by atomic mass is 9.90. The third-order valence-electron chi connectivity index (χ3n) is 4.49. The highest BCUT2D eigenvalue weighted by Crippen LogP contribution is 2.22. The van der Waals surface area contributed by atoms with Crippen LogP contribution in [0.15, 0.2) is 0 Å². The minimum Gasteiger partial charge on any atom is -0.345 e. The Hall–Kier alpha value is -1.43. The van der Waals surface area contributed by atoms with Crippen LogP contribution in [-0.4, -0.2) is 32.8 Å². The van der Waals surface area contributed by atoms with Crippen molar-refractivity contribution in [1.29, 1.82) is 0 Å². The highest BCUT2D eigenvalue weighted by molar-refractivity contribution is 5.86. The van der Waals surface area contributed by atoms with Gasteiger partial charge in [0.1, 0.15) is 5.82 Å². The molecule has 0 bridgehead atoms. The third-order valence-corrected chi connectivity index (χ3v) is 4.49. The topological polar surface area (TPSA) is 71.8 Å². The zero-order valence-electron chi connectivity index (χ0n) is 12.3. The predicted molar refractivity (Wildman–Crippen MR) is 75.2 cm³/mol. The minimum absolute atomic E-state index is 0.0695. The van der Waals surface area contributed by atoms with E-state index in [2.05, 4.69) is 25.4 Å². The first-order valence-corrected chi connectivity index (χ1v) is 7.58. The van der Waals surface area contributed by atoms with Gasteiger partial charge in [-0.2, -0.15) is 0 Å². The number of rotatable bonds is 3. The van der Waals surface area contributed by atoms with E-state index in [1.807, 2.05) is 13.8 Å². The van der Waals surface area contributed by atoms with Gasteiger partial charge in [0.2, 0.25) is 5.91 Å². The summed E-state index contributed by atoms with van der Waals surface area (Å²) in [7, 11) is 0. The van der Waals surface area contributed by atoms with Crippen molar-refractivity contribution in [3.8, 4) is 0 Å². The summed E-state index contributed by atoms with van der Waals surface area (Å²) in [5.41, 5.74) is -0.444. The molecule has 1 saturated heterocycles. The molecule has 20 heavy (non-hydrogen) atoms. The van der Waals surface area contributed by atoms with Crippen molar-refractivity contribution >= 4 is 5.91 Å². The van der Waals surface area contributed by atoms with E-state index in [4.69, 9.17) is 0 Å². The fourth-order valence-electron chi connectivity index (χ4n) is 3.16. The van der Waals surface area contributed by atoms with E-state index in [1.165, 1.54) is 0 Å². The van der Waals surface area contributed by atoms with Crippen LogP contribution in [0.1, 0.15) is 57.2 Å². The molecule has 0 radical (unpaired) electrons. The summed E-state index contributed by atoms with van der Waals surface area (Å²) in [4.78, 5) is 12.5. The maximum atomic E-state index is 12.5. The van der Waals surface area contributed by atoms with Crippen LogP contribution in [0.25, 0.3) is 0 Å². The van der Waals surface area contributed by atoms with Gasteiger partial charge >= 0.3 is 0 Å². The van der Waals surface area contributed by atoms with Crippen LogP contribution in [0.2, 0.25) is 0 Å². The van der Waals surface area contributed by atoms with Crippen molar-refractivity contribution in [1.82, 2.24) is 25.4 Å². The number of fused-ring (bicyclic) bond motifs is 1. The molecular formula is C14H23N5O. The molecule has 110 valence electrons. The summed E-state index contributed by atoms with van der Waals surface area (Å²) in [6.45, 7) is 5.86. The van der Waals surface area contributed by atoms with Crippen LogP contribution in [-0.2, 0) is 17.8 Å². The van der Waals surface area contributed by atoms with Gasteiger partial charge < -0.3 is 15.2 Å². The van der Waals surface area contributed by atoms with Crippen molar-refractivity contribution in [3.63, 3.8) is 0 Å². The molecule has 0 aliphatic carbocycles. The lowest BCUT2D eigenvalue weighted by Gasteiger charge is -2.34. The van der Waals surface area contributed by atoms with Gasteiger partial charge in [-0.15, -0.1) is 10.2 Å². The molecule has 1 amide bonds. The van der Waals surface area contributed by atoms with E-state index in [9.17, 15) is 4.79 Å². The standard InChI is InChI=1S/C14H23N5O/c1-10(12-18-17-11-6-5-9-19(11)12)16-13(20)14(2)7-3-4-8-15-14/h10,15H,3-9H2,1-2H3,(H,16,20). The summed E-state index contributed by atoms with van der Waals surface area (Å²) in [6.07, 6.45) is 5.26. The maximum Gasteiger partial charge on any atom is 0.240 e. The molecule has 0 saturated carbocycles. The molecule has 2 N–H and O–H groups in total. The van der Waals surface area contributed by atoms with Crippen molar-refractivity contribution in [3.05, 3.63) is 11.6 Å². The van der Waals surface area contributed by atoms with Crippen LogP contribution < -0.4 is 10.6 Å². The fraction of sp³-hybridized carbons (Fsp3) is 0.786. The van der Waals surface area contributed by atoms with Crippen LogP contribution in [0, 0.1) is 0 Å². The number of amides is 1. The predicted octanol–water partition coefficient (Wildman–Crippen LogP) is 0.934. The largest absolute Gasteiger partial charge is 0.345 e. The summed E-state index contributed by atoms with van der Waals surface area (Å²) in [6, 6.07) is -0.0950. The number of carbonyl (C=O) groups is 1. The molecule has 1 aromatic rings. The van der Waals surface area contributed by atoms with E-state index in [0.717, 1.165) is 56.8 Å². The minimum atomic E-state index is -0.444. The second-order valence-corrected chi connectivity index (χ2v) is 6.14. The Bertz CT molecular complexity index is 504. The second kappa shape index (κ2) is 5.16. The first kappa shape index (κ1) is 13.5. The van der Waals surface area contributed by atoms with Crippen LogP contribution in [0.4, 0.5) is 0 Å². The van der Waals surface area contributed by atoms with Crippen molar-refractivity contribution in [2.24, 2.45) is 0 Å². The lowest BCUT2D eigenvalue weighted by Crippen LogP contribution is -2.57. The Morgan fingerprint density at radius 3 is 3.00 bits per heavy atom.